The first-order chi connectivity index (χ1) is 12.6. The number of hydrogen-bond donors (Lipinski definition) is 1. The molecule has 2 saturated heterocycles. The van der Waals surface area contributed by atoms with Crippen molar-refractivity contribution in [2.45, 2.75) is 31.8 Å². The van der Waals surface area contributed by atoms with Gasteiger partial charge in [0, 0.05) is 20.1 Å². The van der Waals surface area contributed by atoms with Crippen molar-refractivity contribution in [3.05, 3.63) is 48.0 Å². The van der Waals surface area contributed by atoms with E-state index in [1.807, 2.05) is 11.9 Å². The lowest BCUT2D eigenvalue weighted by Crippen LogP contribution is -2.42. The molecule has 0 radical (unpaired) electrons. The van der Waals surface area contributed by atoms with E-state index in [0.29, 0.717) is 12.0 Å². The molecule has 0 aliphatic carbocycles. The topological polar surface area (TPSA) is 35.6 Å². The van der Waals surface area contributed by atoms with Gasteiger partial charge in [-0.05, 0) is 61.2 Å². The van der Waals surface area contributed by atoms with Gasteiger partial charge in [-0.15, -0.1) is 0 Å². The number of rotatable bonds is 3. The number of fused-ring (bicyclic) bond motifs is 1. The van der Waals surface area contributed by atoms with Gasteiger partial charge in [-0.3, -0.25) is 9.69 Å². The molecule has 2 aliphatic rings. The number of hydrogen-bond acceptors (Lipinski definition) is 3. The number of likely N-dealkylation sites (N-methyl/N-ethyl adjacent to an activating group) is 2. The van der Waals surface area contributed by atoms with Crippen molar-refractivity contribution in [2.24, 2.45) is 5.41 Å². The third kappa shape index (κ3) is 3.24. The van der Waals surface area contributed by atoms with E-state index in [-0.39, 0.29) is 11.9 Å². The lowest BCUT2D eigenvalue weighted by atomic mass is 9.77. The maximum atomic E-state index is 13.2. The minimum absolute atomic E-state index is 0.0214. The summed E-state index contributed by atoms with van der Waals surface area (Å²) in [6.45, 7) is 3.88. The molecule has 0 bridgehead atoms. The number of nitrogens with one attached hydrogen (secondary N) is 1. The Bertz CT molecular complexity index is 792. The molecule has 2 aromatic carbocycles. The number of piperidine rings is 1. The zero-order valence-electron chi connectivity index (χ0n) is 15.9. The maximum absolute atomic E-state index is 13.2. The van der Waals surface area contributed by atoms with Crippen molar-refractivity contribution in [1.82, 2.24) is 15.1 Å². The molecule has 2 heterocycles. The molecule has 4 rings (SSSR count). The summed E-state index contributed by atoms with van der Waals surface area (Å²) in [6, 6.07) is 14.8. The first kappa shape index (κ1) is 17.5. The molecule has 26 heavy (non-hydrogen) atoms. The van der Waals surface area contributed by atoms with Crippen LogP contribution in [-0.4, -0.2) is 55.5 Å². The van der Waals surface area contributed by atoms with Crippen molar-refractivity contribution < 1.29 is 4.79 Å². The third-order valence-electron chi connectivity index (χ3n) is 6.36. The Labute approximate surface area is 156 Å². The van der Waals surface area contributed by atoms with Gasteiger partial charge in [0.15, 0.2) is 0 Å². The fourth-order valence-electron chi connectivity index (χ4n) is 4.88. The van der Waals surface area contributed by atoms with Gasteiger partial charge in [0.25, 0.3) is 0 Å². The Balaban J connectivity index is 1.49. The molecule has 4 nitrogen and oxygen atoms in total. The van der Waals surface area contributed by atoms with Crippen molar-refractivity contribution in [3.63, 3.8) is 0 Å². The van der Waals surface area contributed by atoms with Crippen LogP contribution < -0.4 is 5.32 Å². The summed E-state index contributed by atoms with van der Waals surface area (Å²) in [6.07, 6.45) is 3.38. The highest BCUT2D eigenvalue weighted by molar-refractivity contribution is 5.87. The fraction of sp³-hybridized carbons (Fsp3) is 0.500. The Morgan fingerprint density at radius 1 is 1.19 bits per heavy atom. The second kappa shape index (κ2) is 7.01. The molecule has 2 fully saturated rings. The number of carbonyl (C=O) groups is 1. The Kier molecular flexibility index (Phi) is 4.72. The van der Waals surface area contributed by atoms with Crippen LogP contribution in [0.3, 0.4) is 0 Å². The van der Waals surface area contributed by atoms with Crippen LogP contribution in [0.2, 0.25) is 0 Å². The van der Waals surface area contributed by atoms with E-state index in [0.717, 1.165) is 26.1 Å². The molecule has 2 aliphatic heterocycles. The molecule has 0 unspecified atom stereocenters. The van der Waals surface area contributed by atoms with E-state index < -0.39 is 0 Å². The Morgan fingerprint density at radius 2 is 1.92 bits per heavy atom. The summed E-state index contributed by atoms with van der Waals surface area (Å²) in [5.74, 6) is 0.260. The minimum atomic E-state index is 0.0214. The van der Waals surface area contributed by atoms with Crippen LogP contribution in [0, 0.1) is 5.41 Å². The average molecular weight is 351 g/mol. The lowest BCUT2D eigenvalue weighted by molar-refractivity contribution is -0.134. The summed E-state index contributed by atoms with van der Waals surface area (Å²) in [4.78, 5) is 17.4. The van der Waals surface area contributed by atoms with Gasteiger partial charge < -0.3 is 10.2 Å². The number of likely N-dealkylation sites (tertiary alicyclic amines) is 1. The fourth-order valence-corrected chi connectivity index (χ4v) is 4.88. The molecule has 4 heteroatoms. The standard InChI is InChI=1S/C22H29N3O/c1-24(15-18-8-5-7-17-6-3-4-9-19(17)18)21(26)20-14-22(16-25(20)2)10-12-23-13-11-22/h3-9,20,23H,10-16H2,1-2H3/t20-/m0/s1. The third-order valence-corrected chi connectivity index (χ3v) is 6.36. The van der Waals surface area contributed by atoms with Gasteiger partial charge >= 0.3 is 0 Å². The quantitative estimate of drug-likeness (QED) is 0.924. The van der Waals surface area contributed by atoms with E-state index in [1.54, 1.807) is 0 Å². The van der Waals surface area contributed by atoms with E-state index in [4.69, 9.17) is 0 Å². The number of carbonyl (C=O) groups excluding carboxylic acids is 1. The molecule has 138 valence electrons. The van der Waals surface area contributed by atoms with Crippen LogP contribution in [0.25, 0.3) is 10.8 Å². The van der Waals surface area contributed by atoms with Crippen LogP contribution in [-0.2, 0) is 11.3 Å². The van der Waals surface area contributed by atoms with E-state index in [9.17, 15) is 4.79 Å². The molecule has 2 aromatic rings. The lowest BCUT2D eigenvalue weighted by Gasteiger charge is -2.33. The minimum Gasteiger partial charge on any atom is -0.340 e. The second-order valence-corrected chi connectivity index (χ2v) is 8.22. The molecular weight excluding hydrogens is 322 g/mol. The second-order valence-electron chi connectivity index (χ2n) is 8.22. The average Bonchev–Trinajstić information content (AvgIpc) is 2.97. The summed E-state index contributed by atoms with van der Waals surface area (Å²) < 4.78 is 0. The first-order valence-electron chi connectivity index (χ1n) is 9.71. The molecule has 1 amide bonds. The van der Waals surface area contributed by atoms with Crippen LogP contribution in [0.15, 0.2) is 42.5 Å². The highest BCUT2D eigenvalue weighted by atomic mass is 16.2. The van der Waals surface area contributed by atoms with Gasteiger partial charge in [0.1, 0.15) is 0 Å². The van der Waals surface area contributed by atoms with E-state index in [1.165, 1.54) is 29.2 Å². The van der Waals surface area contributed by atoms with E-state index >= 15 is 0 Å². The van der Waals surface area contributed by atoms with Crippen LogP contribution in [0.1, 0.15) is 24.8 Å². The van der Waals surface area contributed by atoms with Crippen molar-refractivity contribution in [2.75, 3.05) is 33.7 Å². The van der Waals surface area contributed by atoms with Crippen molar-refractivity contribution in [1.29, 1.82) is 0 Å². The predicted molar refractivity (Wildman–Crippen MR) is 106 cm³/mol. The Hall–Kier alpha value is -1.91. The highest BCUT2D eigenvalue weighted by Crippen LogP contribution is 2.41. The monoisotopic (exact) mass is 351 g/mol. The summed E-state index contributed by atoms with van der Waals surface area (Å²) in [5, 5.41) is 5.93. The zero-order valence-corrected chi connectivity index (χ0v) is 15.9. The van der Waals surface area contributed by atoms with Gasteiger partial charge in [-0.25, -0.2) is 0 Å². The van der Waals surface area contributed by atoms with E-state index in [2.05, 4.69) is 59.7 Å². The highest BCUT2D eigenvalue weighted by Gasteiger charge is 2.46. The van der Waals surface area contributed by atoms with Crippen LogP contribution in [0.5, 0.6) is 0 Å². The number of benzene rings is 2. The smallest absolute Gasteiger partial charge is 0.239 e. The predicted octanol–water partition coefficient (Wildman–Crippen LogP) is 2.87. The van der Waals surface area contributed by atoms with Crippen LogP contribution in [0.4, 0.5) is 0 Å². The molecule has 1 atom stereocenters. The van der Waals surface area contributed by atoms with Crippen LogP contribution >= 0.6 is 0 Å². The first-order valence-corrected chi connectivity index (χ1v) is 9.71. The molecule has 0 saturated carbocycles. The van der Waals surface area contributed by atoms with Crippen molar-refractivity contribution >= 4 is 16.7 Å². The Morgan fingerprint density at radius 3 is 2.73 bits per heavy atom. The number of amides is 1. The summed E-state index contributed by atoms with van der Waals surface area (Å²) in [7, 11) is 4.07. The SMILES string of the molecule is CN(Cc1cccc2ccccc12)C(=O)[C@@H]1CC2(CCNCC2)CN1C. The van der Waals surface area contributed by atoms with Gasteiger partial charge in [-0.2, -0.15) is 0 Å². The normalized spacial score (nSPS) is 22.8. The van der Waals surface area contributed by atoms with Gasteiger partial charge in [0.05, 0.1) is 6.04 Å². The van der Waals surface area contributed by atoms with Gasteiger partial charge in [0.2, 0.25) is 5.91 Å². The largest absolute Gasteiger partial charge is 0.340 e. The van der Waals surface area contributed by atoms with Crippen molar-refractivity contribution in [3.8, 4) is 0 Å². The molecule has 1 spiro atoms. The molecular formula is C22H29N3O. The molecule has 0 aromatic heterocycles. The molecule has 1 N–H and O–H groups in total. The zero-order chi connectivity index (χ0) is 18.1. The summed E-state index contributed by atoms with van der Waals surface area (Å²) >= 11 is 0. The van der Waals surface area contributed by atoms with Gasteiger partial charge in [-0.1, -0.05) is 42.5 Å². The summed E-state index contributed by atoms with van der Waals surface area (Å²) in [5.41, 5.74) is 1.55. The maximum Gasteiger partial charge on any atom is 0.239 e. The number of nitrogens with zero attached hydrogens (tertiary/aromatic N) is 2.